The lowest BCUT2D eigenvalue weighted by atomic mass is 9.91. The van der Waals surface area contributed by atoms with Crippen LogP contribution < -0.4 is 0 Å². The molecular weight excluding hydrogens is 2070 g/mol. The minimum Gasteiger partial charge on any atom is -0.465 e. The second kappa shape index (κ2) is 48.9. The Balaban J connectivity index is 14.2. The normalized spacial score (nSPS) is 16.6. The molecule has 0 saturated carbocycles. The van der Waals surface area contributed by atoms with Crippen LogP contribution in [-0.4, -0.2) is 502 Å². The van der Waals surface area contributed by atoms with Crippen LogP contribution in [0, 0.1) is 5.41 Å². The van der Waals surface area contributed by atoms with E-state index in [0.717, 1.165) is 26.2 Å². The average molecular weight is 2140 g/mol. The van der Waals surface area contributed by atoms with E-state index in [9.17, 15) is 129 Å². The van der Waals surface area contributed by atoms with Crippen LogP contribution in [-0.2, 0) is 71.3 Å². The Morgan fingerprint density at radius 2 is 0.775 bits per heavy atom. The van der Waals surface area contributed by atoms with Gasteiger partial charge in [-0.05, 0) is 85.1 Å². The molecule has 0 aromatic carbocycles. The number of carbonyl (C=O) groups is 1. The molecule has 102 heavy (non-hydrogen) atoms. The maximum Gasteiger partial charge on any atom is 0.420 e. The van der Waals surface area contributed by atoms with Gasteiger partial charge >= 0.3 is 133 Å². The van der Waals surface area contributed by atoms with Crippen LogP contribution in [0.5, 0.6) is 0 Å². The van der Waals surface area contributed by atoms with E-state index in [-0.39, 0.29) is 19.1 Å². The number of hydrogen-bond donors (Lipinski definition) is 26. The van der Waals surface area contributed by atoms with Crippen molar-refractivity contribution < 1.29 is 196 Å². The monoisotopic (exact) mass is 2130 g/mol. The van der Waals surface area contributed by atoms with Crippen LogP contribution in [0.2, 0.25) is 58.4 Å². The molecule has 0 saturated heterocycles. The van der Waals surface area contributed by atoms with E-state index >= 15 is 0 Å². The molecule has 0 rings (SSSR count). The van der Waals surface area contributed by atoms with Crippen LogP contribution in [0.1, 0.15) is 33.6 Å². The summed E-state index contributed by atoms with van der Waals surface area (Å²) >= 11 is 0. The Kier molecular flexibility index (Phi) is 52.2. The van der Waals surface area contributed by atoms with E-state index in [4.69, 9.17) is 66.5 Å². The molecule has 0 aromatic heterocycles. The SMILES string of the molecule is CCC(C)(C)C(=O)OCCC[Si](C)(C)O[Si](C)O[Si](O[Si](O[Si](O[Si](C)C)([Si]O)[Si]O)([Si](O[Si]O)([Si]O)[Si]O)[Si](O[Si]O)([Si]O)[Si]O)([Si](O[Si](O[Si]O)([Si]O)[Si]O)([Si](O[Si]O)([Si]O)[Si]O)[Si](O[Si]O)([Si]O)[Si]O)[Si](O[Si](O[Si]O)([Si]O)[Si](C)(C)O)([Si](O[Si]O)([Si]O)[Si]O)[Si](O[Si]O)([Si]O)[Si](C)O. The minimum atomic E-state index is -8.30. The molecule has 0 heterocycles. The number of esters is 1. The highest BCUT2D eigenvalue weighted by Gasteiger charge is 3.01. The maximum atomic E-state index is 13.7. The van der Waals surface area contributed by atoms with Gasteiger partial charge in [-0.15, -0.1) is 0 Å². The van der Waals surface area contributed by atoms with Gasteiger partial charge in [0, 0.05) is 0 Å². The molecule has 561 valence electrons. The van der Waals surface area contributed by atoms with Crippen molar-refractivity contribution in [1.82, 2.24) is 0 Å². The fourth-order valence-corrected chi connectivity index (χ4v) is 534. The summed E-state index contributed by atoms with van der Waals surface area (Å²) in [7, 11) is -108. The lowest BCUT2D eigenvalue weighted by molar-refractivity contribution is -0.154. The van der Waals surface area contributed by atoms with Gasteiger partial charge in [0.25, 0.3) is 73.9 Å². The van der Waals surface area contributed by atoms with Crippen molar-refractivity contribution in [1.29, 1.82) is 0 Å². The topological polar surface area (TPSA) is 691 Å². The molecule has 43 nitrogen and oxygen atoms in total. The second-order valence-corrected chi connectivity index (χ2v) is 197. The average Bonchev–Trinajstić information content (AvgIpc) is 0.638. The van der Waals surface area contributed by atoms with Gasteiger partial charge in [0.1, 0.15) is 0 Å². The Morgan fingerprint density at radius 1 is 0.402 bits per heavy atom. The molecule has 0 aliphatic heterocycles. The molecule has 0 aliphatic carbocycles. The molecule has 51 radical (unpaired) electrons. The first kappa shape index (κ1) is 109. The predicted molar refractivity (Wildman–Crippen MR) is 407 cm³/mol. The highest BCUT2D eigenvalue weighted by molar-refractivity contribution is 8.24. The van der Waals surface area contributed by atoms with E-state index in [1.807, 2.05) is 0 Å². The van der Waals surface area contributed by atoms with Gasteiger partial charge in [-0.25, -0.2) is 0 Å². The summed E-state index contributed by atoms with van der Waals surface area (Å²) in [5.41, 5.74) is -0.989. The quantitative estimate of drug-likeness (QED) is 0.0153. The standard InChI is InChI=1S/C17H67O43Si42/c1-12-17(2,3)16(18)45-14-13-15-88(8,9)55-87(7)56-93(101(97(78-36,79-37)50-65-23,98(80-38,81-39)51-66-24)58-90(69-27,70-28)46-61-19,60-94(95(74-32,75-33)48-63-21,96(76-34,77-35)49-64-22)57-91(71-29,72-30)54-85(4)5)102(99(82-40,83-41)52-67-25,100(84-42,53-68-26)86(6)43)59-92(73-31,47-62-20)89(10,11)44/h19-44H,12-15H2,1-11H3. The highest BCUT2D eigenvalue weighted by Crippen LogP contribution is 2.54. The number of hydrogen-bond acceptors (Lipinski definition) is 43. The summed E-state index contributed by atoms with van der Waals surface area (Å²) in [5.74, 6) is -0.623. The molecule has 26 N–H and O–H groups in total. The minimum absolute atomic E-state index is 0.0657. The summed E-state index contributed by atoms with van der Waals surface area (Å²) in [4.78, 5) is 337. The first-order valence-electron chi connectivity index (χ1n) is 26.8. The zero-order valence-corrected chi connectivity index (χ0v) is 96.4. The Bertz CT molecular complexity index is 2290. The first-order valence-corrected chi connectivity index (χ1v) is 111. The van der Waals surface area contributed by atoms with Crippen molar-refractivity contribution in [3.05, 3.63) is 0 Å². The summed E-state index contributed by atoms with van der Waals surface area (Å²) in [6.45, 7) is -40.5. The number of carbonyl (C=O) groups excluding carboxylic acids is 1. The fourth-order valence-electron chi connectivity index (χ4n) is 9.07. The molecule has 85 heteroatoms. The lowest BCUT2D eigenvalue weighted by Crippen LogP contribution is -3.14. The van der Waals surface area contributed by atoms with Gasteiger partial charge in [0.2, 0.25) is 146 Å². The van der Waals surface area contributed by atoms with Gasteiger partial charge in [0.05, 0.1) is 12.0 Å². The molecular formula is C17H67O43Si42. The van der Waals surface area contributed by atoms with Gasteiger partial charge < -0.3 is 191 Å². The van der Waals surface area contributed by atoms with Gasteiger partial charge in [-0.3, -0.25) is 4.79 Å². The van der Waals surface area contributed by atoms with E-state index in [2.05, 4.69) is 0 Å². The smallest absolute Gasteiger partial charge is 0.420 e. The summed E-state index contributed by atoms with van der Waals surface area (Å²) in [6, 6.07) is -0.126. The third-order valence-electron chi connectivity index (χ3n) is 14.0. The van der Waals surface area contributed by atoms with Crippen LogP contribution in [0.25, 0.3) is 0 Å². The summed E-state index contributed by atoms with van der Waals surface area (Å²) in [6.07, 6.45) is 0.271. The van der Waals surface area contributed by atoms with Crippen LogP contribution in [0.4, 0.5) is 0 Å². The Hall–Kier alpha value is 6.94. The van der Waals surface area contributed by atoms with Gasteiger partial charge in [-0.2, -0.15) is 0 Å². The Morgan fingerprint density at radius 3 is 1.08 bits per heavy atom. The van der Waals surface area contributed by atoms with Crippen molar-refractivity contribution in [3.8, 4) is 0 Å². The fraction of sp³-hybridized carbons (Fsp3) is 0.941. The van der Waals surface area contributed by atoms with Gasteiger partial charge in [-0.1, -0.05) is 6.92 Å². The second-order valence-electron chi connectivity index (χ2n) is 21.4. The predicted octanol–water partition coefficient (Wildman–Crippen LogP) is -24.5. The molecule has 0 bridgehead atoms. The third-order valence-corrected chi connectivity index (χ3v) is 328. The molecule has 4 unspecified atom stereocenters. The first-order chi connectivity index (χ1) is 47.7. The maximum absolute atomic E-state index is 13.7. The van der Waals surface area contributed by atoms with Crippen LogP contribution in [0.15, 0.2) is 0 Å². The third kappa shape index (κ3) is 22.7. The van der Waals surface area contributed by atoms with E-state index in [1.54, 1.807) is 20.8 Å². The van der Waals surface area contributed by atoms with E-state index in [0.29, 0.717) is 6.42 Å². The van der Waals surface area contributed by atoms with Crippen molar-refractivity contribution in [2.24, 2.45) is 5.41 Å². The largest absolute Gasteiger partial charge is 0.465 e. The number of ether oxygens (including phenoxy) is 1. The lowest BCUT2D eigenvalue weighted by Gasteiger charge is -2.70. The summed E-state index contributed by atoms with van der Waals surface area (Å²) in [5, 5.41) is 0. The van der Waals surface area contributed by atoms with Crippen molar-refractivity contribution >= 4 is 370 Å². The van der Waals surface area contributed by atoms with Crippen LogP contribution in [0.3, 0.4) is 0 Å². The highest BCUT2D eigenvalue weighted by atomic mass is 30.5. The van der Waals surface area contributed by atoms with Crippen LogP contribution >= 0.6 is 0 Å². The zero-order chi connectivity index (χ0) is 79.4. The molecule has 0 aliphatic rings. The summed E-state index contributed by atoms with van der Waals surface area (Å²) < 4.78 is 109. The molecule has 0 aromatic rings. The van der Waals surface area contributed by atoms with E-state index < -0.39 is 376 Å². The molecule has 0 spiro atoms. The number of rotatable bonds is 62. The van der Waals surface area contributed by atoms with E-state index in [1.165, 1.54) is 26.2 Å². The van der Waals surface area contributed by atoms with Crippen molar-refractivity contribution in [2.45, 2.75) is 92.0 Å². The molecule has 4 atom stereocenters. The Labute approximate surface area is 663 Å². The van der Waals surface area contributed by atoms with Crippen molar-refractivity contribution in [2.75, 3.05) is 6.61 Å². The zero-order valence-electron chi connectivity index (χ0n) is 54.4. The van der Waals surface area contributed by atoms with Crippen molar-refractivity contribution in [3.63, 3.8) is 0 Å². The molecule has 0 fully saturated rings. The molecule has 0 amide bonds. The van der Waals surface area contributed by atoms with Gasteiger partial charge in [0.15, 0.2) is 17.4 Å².